The Morgan fingerprint density at radius 3 is 2.62 bits per heavy atom. The molecular formula is C13H10N2O. The van der Waals surface area contributed by atoms with E-state index in [1.54, 1.807) is 18.2 Å². The number of hydrogen-bond acceptors (Lipinski definition) is 3. The van der Waals surface area contributed by atoms with Crippen LogP contribution in [0.5, 0.6) is 0 Å². The Morgan fingerprint density at radius 1 is 1.00 bits per heavy atom. The van der Waals surface area contributed by atoms with Gasteiger partial charge in [-0.3, -0.25) is 4.79 Å². The number of nitrogens with two attached hydrogens (primary N) is 2. The lowest BCUT2D eigenvalue weighted by atomic mass is 9.97. The number of hydrogen-bond donors (Lipinski definition) is 2. The topological polar surface area (TPSA) is 69.1 Å². The predicted molar refractivity (Wildman–Crippen MR) is 65.4 cm³/mol. The molecule has 0 aromatic heterocycles. The van der Waals surface area contributed by atoms with Crippen LogP contribution >= 0.6 is 0 Å². The van der Waals surface area contributed by atoms with Crippen molar-refractivity contribution < 1.29 is 4.79 Å². The second-order valence-corrected chi connectivity index (χ2v) is 3.92. The maximum Gasteiger partial charge on any atom is 0.179 e. The number of ketones is 1. The van der Waals surface area contributed by atoms with E-state index in [9.17, 15) is 4.79 Å². The maximum absolute atomic E-state index is 11.3. The summed E-state index contributed by atoms with van der Waals surface area (Å²) in [5.74, 6) is 0.00963. The summed E-state index contributed by atoms with van der Waals surface area (Å²) in [4.78, 5) is 11.3. The van der Waals surface area contributed by atoms with Crippen molar-refractivity contribution in [3.63, 3.8) is 0 Å². The molecule has 78 valence electrons. The van der Waals surface area contributed by atoms with Crippen LogP contribution in [-0.2, 0) is 4.79 Å². The SMILES string of the molecule is Nc1ccc2c(c1N)C=C1C=CC(=O)C=C12. The molecule has 3 nitrogen and oxygen atoms in total. The maximum atomic E-state index is 11.3. The summed E-state index contributed by atoms with van der Waals surface area (Å²) in [6.07, 6.45) is 6.97. The first-order valence-corrected chi connectivity index (χ1v) is 5.01. The van der Waals surface area contributed by atoms with Crippen LogP contribution < -0.4 is 11.5 Å². The molecule has 0 unspecified atom stereocenters. The monoisotopic (exact) mass is 210 g/mol. The summed E-state index contributed by atoms with van der Waals surface area (Å²) < 4.78 is 0. The van der Waals surface area contributed by atoms with Gasteiger partial charge in [-0.15, -0.1) is 0 Å². The summed E-state index contributed by atoms with van der Waals surface area (Å²) in [7, 11) is 0. The van der Waals surface area contributed by atoms with Crippen molar-refractivity contribution in [2.45, 2.75) is 0 Å². The fraction of sp³-hybridized carbons (Fsp3) is 0. The highest BCUT2D eigenvalue weighted by Gasteiger charge is 2.22. The molecule has 1 aromatic rings. The summed E-state index contributed by atoms with van der Waals surface area (Å²) in [5.41, 5.74) is 16.7. The highest BCUT2D eigenvalue weighted by atomic mass is 16.1. The molecule has 3 rings (SSSR count). The third-order valence-electron chi connectivity index (χ3n) is 2.94. The molecule has 1 aromatic carbocycles. The average Bonchev–Trinajstić information content (AvgIpc) is 2.62. The molecule has 0 radical (unpaired) electrons. The van der Waals surface area contributed by atoms with Crippen molar-refractivity contribution in [1.29, 1.82) is 0 Å². The second-order valence-electron chi connectivity index (χ2n) is 3.92. The van der Waals surface area contributed by atoms with Gasteiger partial charge in [0.1, 0.15) is 0 Å². The molecule has 0 spiro atoms. The Morgan fingerprint density at radius 2 is 1.81 bits per heavy atom. The lowest BCUT2D eigenvalue weighted by Crippen LogP contribution is -1.99. The molecule has 0 fully saturated rings. The van der Waals surface area contributed by atoms with E-state index in [0.29, 0.717) is 11.4 Å². The van der Waals surface area contributed by atoms with E-state index in [4.69, 9.17) is 11.5 Å². The molecule has 0 bridgehead atoms. The van der Waals surface area contributed by atoms with Crippen LogP contribution in [0.25, 0.3) is 11.6 Å². The van der Waals surface area contributed by atoms with Gasteiger partial charge in [0.25, 0.3) is 0 Å². The first-order valence-electron chi connectivity index (χ1n) is 5.01. The molecule has 0 aliphatic heterocycles. The second kappa shape index (κ2) is 2.85. The minimum absolute atomic E-state index is 0.00963. The van der Waals surface area contributed by atoms with Crippen LogP contribution in [0.3, 0.4) is 0 Å². The van der Waals surface area contributed by atoms with Gasteiger partial charge in [-0.05, 0) is 41.0 Å². The molecule has 0 saturated heterocycles. The molecule has 3 heteroatoms. The number of carbonyl (C=O) groups is 1. The third kappa shape index (κ3) is 1.05. The number of anilines is 2. The minimum atomic E-state index is 0.00963. The highest BCUT2D eigenvalue weighted by Crippen LogP contribution is 2.41. The summed E-state index contributed by atoms with van der Waals surface area (Å²) in [6.45, 7) is 0. The molecule has 2 aliphatic carbocycles. The zero-order chi connectivity index (χ0) is 11.3. The fourth-order valence-corrected chi connectivity index (χ4v) is 2.09. The Kier molecular flexibility index (Phi) is 1.60. The molecule has 0 saturated carbocycles. The number of nitrogen functional groups attached to an aromatic ring is 2. The lowest BCUT2D eigenvalue weighted by molar-refractivity contribution is -0.110. The highest BCUT2D eigenvalue weighted by molar-refractivity contribution is 6.15. The van der Waals surface area contributed by atoms with E-state index < -0.39 is 0 Å². The Balaban J connectivity index is 2.30. The number of allylic oxidation sites excluding steroid dienone is 5. The van der Waals surface area contributed by atoms with Gasteiger partial charge < -0.3 is 11.5 Å². The molecule has 0 atom stereocenters. The van der Waals surface area contributed by atoms with E-state index in [1.165, 1.54) is 0 Å². The first-order chi connectivity index (χ1) is 7.66. The van der Waals surface area contributed by atoms with Gasteiger partial charge in [0.05, 0.1) is 11.4 Å². The van der Waals surface area contributed by atoms with Crippen LogP contribution in [0.15, 0.2) is 35.9 Å². The van der Waals surface area contributed by atoms with E-state index in [0.717, 1.165) is 22.3 Å². The van der Waals surface area contributed by atoms with Crippen molar-refractivity contribution in [2.24, 2.45) is 0 Å². The lowest BCUT2D eigenvalue weighted by Gasteiger charge is -2.08. The van der Waals surface area contributed by atoms with E-state index in [1.807, 2.05) is 18.2 Å². The third-order valence-corrected chi connectivity index (χ3v) is 2.94. The van der Waals surface area contributed by atoms with Gasteiger partial charge in [0.2, 0.25) is 0 Å². The van der Waals surface area contributed by atoms with Crippen LogP contribution in [0.4, 0.5) is 11.4 Å². The van der Waals surface area contributed by atoms with Gasteiger partial charge in [-0.25, -0.2) is 0 Å². The van der Waals surface area contributed by atoms with Crippen LogP contribution in [-0.4, -0.2) is 5.78 Å². The molecular weight excluding hydrogens is 200 g/mol. The zero-order valence-corrected chi connectivity index (χ0v) is 8.53. The number of benzene rings is 1. The van der Waals surface area contributed by atoms with Crippen LogP contribution in [0, 0.1) is 0 Å². The molecule has 16 heavy (non-hydrogen) atoms. The van der Waals surface area contributed by atoms with Crippen molar-refractivity contribution in [3.8, 4) is 0 Å². The summed E-state index contributed by atoms with van der Waals surface area (Å²) >= 11 is 0. The van der Waals surface area contributed by atoms with Crippen molar-refractivity contribution in [1.82, 2.24) is 0 Å². The van der Waals surface area contributed by atoms with Crippen LogP contribution in [0.1, 0.15) is 11.1 Å². The van der Waals surface area contributed by atoms with Crippen molar-refractivity contribution in [3.05, 3.63) is 47.1 Å². The average molecular weight is 210 g/mol. The minimum Gasteiger partial charge on any atom is -0.397 e. The molecule has 2 aliphatic rings. The van der Waals surface area contributed by atoms with Gasteiger partial charge in [-0.2, -0.15) is 0 Å². The van der Waals surface area contributed by atoms with Crippen molar-refractivity contribution in [2.75, 3.05) is 11.5 Å². The normalized spacial score (nSPS) is 16.6. The largest absolute Gasteiger partial charge is 0.397 e. The smallest absolute Gasteiger partial charge is 0.179 e. The van der Waals surface area contributed by atoms with E-state index in [-0.39, 0.29) is 5.78 Å². The van der Waals surface area contributed by atoms with Crippen LogP contribution in [0.2, 0.25) is 0 Å². The number of fused-ring (bicyclic) bond motifs is 3. The van der Waals surface area contributed by atoms with E-state index >= 15 is 0 Å². The summed E-state index contributed by atoms with van der Waals surface area (Å²) in [6, 6.07) is 3.68. The Hall–Kier alpha value is -2.29. The van der Waals surface area contributed by atoms with Gasteiger partial charge in [-0.1, -0.05) is 12.1 Å². The number of rotatable bonds is 0. The molecule has 0 heterocycles. The van der Waals surface area contributed by atoms with Crippen molar-refractivity contribution >= 4 is 28.8 Å². The van der Waals surface area contributed by atoms with Gasteiger partial charge in [0.15, 0.2) is 5.78 Å². The predicted octanol–water partition coefficient (Wildman–Crippen LogP) is 1.77. The fourth-order valence-electron chi connectivity index (χ4n) is 2.09. The Bertz CT molecular complexity index is 607. The first kappa shape index (κ1) is 8.97. The van der Waals surface area contributed by atoms with Gasteiger partial charge >= 0.3 is 0 Å². The number of carbonyl (C=O) groups excluding carboxylic acids is 1. The molecule has 4 N–H and O–H groups in total. The zero-order valence-electron chi connectivity index (χ0n) is 8.53. The Labute approximate surface area is 92.7 Å². The standard InChI is InChI=1S/C13H10N2O/c14-12-4-3-9-10-6-8(16)2-1-7(10)5-11(9)13(12)15/h1-6H,14-15H2. The quantitative estimate of drug-likeness (QED) is 0.641. The van der Waals surface area contributed by atoms with Gasteiger partial charge in [0, 0.05) is 5.56 Å². The molecule has 0 amide bonds. The van der Waals surface area contributed by atoms with E-state index in [2.05, 4.69) is 0 Å². The summed E-state index contributed by atoms with van der Waals surface area (Å²) in [5, 5.41) is 0.